The van der Waals surface area contributed by atoms with Gasteiger partial charge in [0.1, 0.15) is 30.5 Å². The van der Waals surface area contributed by atoms with Gasteiger partial charge in [-0.1, -0.05) is 170 Å². The van der Waals surface area contributed by atoms with Gasteiger partial charge in [-0.3, -0.25) is 0 Å². The maximum absolute atomic E-state index is 13.7. The molecule has 8 heteroatoms. The van der Waals surface area contributed by atoms with Crippen molar-refractivity contribution in [2.45, 2.75) is 76.7 Å². The Balaban J connectivity index is 1.33. The van der Waals surface area contributed by atoms with E-state index < -0.39 is 36.5 Å². The topological polar surface area (TPSA) is 72.5 Å². The van der Waals surface area contributed by atoms with Gasteiger partial charge in [-0.15, -0.1) is 0 Å². The highest BCUT2D eigenvalue weighted by atomic mass is 35.5. The lowest BCUT2D eigenvalue weighted by molar-refractivity contribution is -0.275. The Labute approximate surface area is 352 Å². The van der Waals surface area contributed by atoms with E-state index in [0.29, 0.717) is 30.2 Å². The number of aryl methyl sites for hydroxylation is 1. The van der Waals surface area contributed by atoms with Crippen LogP contribution in [0.3, 0.4) is 0 Å². The van der Waals surface area contributed by atoms with Crippen LogP contribution in [-0.2, 0) is 67.7 Å². The maximum atomic E-state index is 13.7. The highest BCUT2D eigenvalue weighted by molar-refractivity contribution is 6.31. The van der Waals surface area contributed by atoms with Crippen LogP contribution in [0.1, 0.15) is 67.9 Å². The largest absolute Gasteiger partial charge is 0.465 e. The molecule has 0 bridgehead atoms. The summed E-state index contributed by atoms with van der Waals surface area (Å²) in [4.78, 5) is 13.7. The highest BCUT2D eigenvalue weighted by Crippen LogP contribution is 2.41. The second-order valence-corrected chi connectivity index (χ2v) is 15.2. The third kappa shape index (κ3) is 11.3. The Bertz CT molecular complexity index is 2180. The number of carbonyl (C=O) groups excluding carboxylic acids is 1. The fourth-order valence-corrected chi connectivity index (χ4v) is 7.68. The van der Waals surface area contributed by atoms with Crippen molar-refractivity contribution in [3.05, 3.63) is 213 Å². The summed E-state index contributed by atoms with van der Waals surface area (Å²) in [6.45, 7) is 3.54. The normalized spacial score (nSPS) is 19.0. The van der Waals surface area contributed by atoms with Crippen LogP contribution < -0.4 is 0 Å². The first-order valence-corrected chi connectivity index (χ1v) is 20.6. The van der Waals surface area contributed by atoms with Crippen LogP contribution in [-0.4, -0.2) is 44.1 Å². The molecule has 0 saturated carbocycles. The molecule has 1 heterocycles. The summed E-state index contributed by atoms with van der Waals surface area (Å²) in [7, 11) is 1.37. The molecule has 0 aliphatic carbocycles. The molecule has 0 aromatic heterocycles. The molecule has 6 aromatic rings. The van der Waals surface area contributed by atoms with Gasteiger partial charge in [0.2, 0.25) is 0 Å². The lowest BCUT2D eigenvalue weighted by Gasteiger charge is -2.46. The van der Waals surface area contributed by atoms with Gasteiger partial charge in [0.15, 0.2) is 0 Å². The molecule has 59 heavy (non-hydrogen) atoms. The Hall–Kier alpha value is -5.12. The van der Waals surface area contributed by atoms with E-state index in [1.165, 1.54) is 12.7 Å². The third-order valence-corrected chi connectivity index (χ3v) is 11.0. The molecule has 1 fully saturated rings. The van der Waals surface area contributed by atoms with Crippen LogP contribution >= 0.6 is 11.6 Å². The SMILES string of the molecule is CCc1ccc(Cc2cc([C@@H]3O[C@H](COCc4ccccc4)[C@@H](OCc4ccccc4)[C@H](OCc4ccccc4)[C@H]3OCc3ccccc3)c(C(=O)OC)cc2Cl)cc1. The second kappa shape index (κ2) is 21.2. The van der Waals surface area contributed by atoms with Gasteiger partial charge in [0.25, 0.3) is 0 Å². The van der Waals surface area contributed by atoms with Crippen molar-refractivity contribution < 1.29 is 33.2 Å². The summed E-state index contributed by atoms with van der Waals surface area (Å²) in [5.74, 6) is -0.535. The predicted octanol–water partition coefficient (Wildman–Crippen LogP) is 10.7. The summed E-state index contributed by atoms with van der Waals surface area (Å²) >= 11 is 7.01. The maximum Gasteiger partial charge on any atom is 0.338 e. The zero-order chi connectivity index (χ0) is 40.8. The van der Waals surface area contributed by atoms with Gasteiger partial charge in [-0.2, -0.15) is 0 Å². The van der Waals surface area contributed by atoms with Gasteiger partial charge < -0.3 is 28.4 Å². The van der Waals surface area contributed by atoms with Crippen molar-refractivity contribution in [1.82, 2.24) is 0 Å². The number of methoxy groups -OCH3 is 1. The van der Waals surface area contributed by atoms with Crippen LogP contribution in [0.2, 0.25) is 5.02 Å². The molecule has 1 aliphatic rings. The number of ether oxygens (including phenoxy) is 6. The molecule has 6 aromatic carbocycles. The van der Waals surface area contributed by atoms with Crippen molar-refractivity contribution in [2.75, 3.05) is 13.7 Å². The first-order chi connectivity index (χ1) is 29.0. The van der Waals surface area contributed by atoms with E-state index >= 15 is 0 Å². The Morgan fingerprint density at radius 2 is 1.05 bits per heavy atom. The van der Waals surface area contributed by atoms with Gasteiger partial charge in [0.05, 0.1) is 45.7 Å². The third-order valence-electron chi connectivity index (χ3n) is 10.6. The Kier molecular flexibility index (Phi) is 15.1. The number of benzene rings is 6. The summed E-state index contributed by atoms with van der Waals surface area (Å²) in [5, 5.41) is 0.454. The Morgan fingerprint density at radius 3 is 1.56 bits per heavy atom. The standard InChI is InChI=1S/C51H51ClO7/c1-3-36-24-26-37(27-25-36)28-42-29-43(44(30-45(42)52)51(53)54-2)47-49(57-33-40-20-12-6-13-21-40)50(58-34-41-22-14-7-15-23-41)48(56-32-39-18-10-5-11-19-39)46(59-47)35-55-31-38-16-8-4-9-17-38/h4-27,29-30,46-50H,3,28,31-35H2,1-2H3/t46-,47+,48-,49+,50+/m1/s1. The first kappa shape index (κ1) is 42.0. The monoisotopic (exact) mass is 810 g/mol. The predicted molar refractivity (Wildman–Crippen MR) is 230 cm³/mol. The van der Waals surface area contributed by atoms with Crippen molar-refractivity contribution in [3.63, 3.8) is 0 Å². The van der Waals surface area contributed by atoms with E-state index in [-0.39, 0.29) is 25.4 Å². The average molecular weight is 811 g/mol. The van der Waals surface area contributed by atoms with Crippen molar-refractivity contribution in [2.24, 2.45) is 0 Å². The van der Waals surface area contributed by atoms with Gasteiger partial charge >= 0.3 is 5.97 Å². The number of halogens is 1. The molecule has 0 N–H and O–H groups in total. The van der Waals surface area contributed by atoms with Crippen LogP contribution in [0, 0.1) is 0 Å². The van der Waals surface area contributed by atoms with E-state index in [2.05, 4.69) is 31.2 Å². The second-order valence-electron chi connectivity index (χ2n) is 14.7. The van der Waals surface area contributed by atoms with Crippen molar-refractivity contribution >= 4 is 17.6 Å². The average Bonchev–Trinajstić information content (AvgIpc) is 3.29. The number of rotatable bonds is 18. The quantitative estimate of drug-likeness (QED) is 0.0801. The van der Waals surface area contributed by atoms with Crippen LogP contribution in [0.4, 0.5) is 0 Å². The van der Waals surface area contributed by atoms with E-state index in [4.69, 9.17) is 40.0 Å². The van der Waals surface area contributed by atoms with Crippen molar-refractivity contribution in [3.8, 4) is 0 Å². The molecule has 7 nitrogen and oxygen atoms in total. The lowest BCUT2D eigenvalue weighted by atomic mass is 9.87. The van der Waals surface area contributed by atoms with E-state index in [1.54, 1.807) is 6.07 Å². The molecule has 0 unspecified atom stereocenters. The lowest BCUT2D eigenvalue weighted by Crippen LogP contribution is -2.58. The van der Waals surface area contributed by atoms with Gasteiger partial charge in [0, 0.05) is 5.02 Å². The molecule has 5 atom stereocenters. The molecule has 1 aliphatic heterocycles. The minimum atomic E-state index is -0.825. The number of hydrogen-bond acceptors (Lipinski definition) is 7. The first-order valence-electron chi connectivity index (χ1n) is 20.2. The van der Waals surface area contributed by atoms with E-state index in [9.17, 15) is 4.79 Å². The molecule has 0 amide bonds. The summed E-state index contributed by atoms with van der Waals surface area (Å²) < 4.78 is 39.8. The van der Waals surface area contributed by atoms with Gasteiger partial charge in [-0.25, -0.2) is 4.79 Å². The van der Waals surface area contributed by atoms with Crippen LogP contribution in [0.15, 0.2) is 158 Å². The van der Waals surface area contributed by atoms with E-state index in [1.807, 2.05) is 127 Å². The summed E-state index contributed by atoms with van der Waals surface area (Å²) in [6, 6.07) is 52.2. The number of esters is 1. The van der Waals surface area contributed by atoms with Crippen molar-refractivity contribution in [1.29, 1.82) is 0 Å². The molecular formula is C51H51ClO7. The molecule has 7 rings (SSSR count). The molecule has 1 saturated heterocycles. The molecular weight excluding hydrogens is 760 g/mol. The highest BCUT2D eigenvalue weighted by Gasteiger charge is 2.50. The van der Waals surface area contributed by atoms with Gasteiger partial charge in [-0.05, 0) is 63.4 Å². The van der Waals surface area contributed by atoms with Crippen LogP contribution in [0.25, 0.3) is 0 Å². The zero-order valence-electron chi connectivity index (χ0n) is 33.6. The zero-order valence-corrected chi connectivity index (χ0v) is 34.3. The Morgan fingerprint density at radius 1 is 0.576 bits per heavy atom. The summed E-state index contributed by atoms with van der Waals surface area (Å²) in [5.41, 5.74) is 8.06. The number of hydrogen-bond donors (Lipinski definition) is 0. The number of carbonyl (C=O) groups is 1. The fourth-order valence-electron chi connectivity index (χ4n) is 7.45. The smallest absolute Gasteiger partial charge is 0.338 e. The molecule has 0 spiro atoms. The fraction of sp³-hybridized carbons (Fsp3) is 0.275. The molecule has 0 radical (unpaired) electrons. The van der Waals surface area contributed by atoms with Crippen LogP contribution in [0.5, 0.6) is 0 Å². The minimum Gasteiger partial charge on any atom is -0.465 e. The summed E-state index contributed by atoms with van der Waals surface area (Å²) in [6.07, 6.45) is -2.06. The molecule has 304 valence electrons. The van der Waals surface area contributed by atoms with E-state index in [0.717, 1.165) is 39.8 Å². The minimum absolute atomic E-state index is 0.180.